The van der Waals surface area contributed by atoms with Crippen molar-refractivity contribution < 1.29 is 0 Å². The molecular formula is C64H62BN3. The largest absolute Gasteiger partial charge is 0.375 e. The van der Waals surface area contributed by atoms with E-state index < -0.39 is 0 Å². The highest BCUT2D eigenvalue weighted by atomic mass is 15.2. The summed E-state index contributed by atoms with van der Waals surface area (Å²) in [5.74, 6) is 0. The molecule has 0 N–H and O–H groups in total. The zero-order valence-corrected chi connectivity index (χ0v) is 41.4. The Hall–Kier alpha value is -7.04. The minimum Gasteiger partial charge on any atom is -0.375 e. The molecule has 0 saturated carbocycles. The summed E-state index contributed by atoms with van der Waals surface area (Å²) in [6.45, 7) is 23.9. The number of hydrogen-bond donors (Lipinski definition) is 0. The number of nitrogens with zero attached hydrogens (tertiary/aromatic N) is 3. The lowest BCUT2D eigenvalue weighted by molar-refractivity contribution is 0.590. The zero-order chi connectivity index (χ0) is 47.3. The van der Waals surface area contributed by atoms with Crippen LogP contribution in [-0.2, 0) is 22.8 Å². The first kappa shape index (κ1) is 43.5. The number of anilines is 5. The first-order valence-corrected chi connectivity index (χ1v) is 24.5. The molecule has 0 saturated heterocycles. The number of aromatic nitrogens is 1. The summed E-state index contributed by atoms with van der Waals surface area (Å²) in [6, 6.07) is 68.8. The smallest absolute Gasteiger partial charge is 0.333 e. The maximum absolute atomic E-state index is 2.79. The predicted octanol–water partition coefficient (Wildman–Crippen LogP) is 15.9. The average molecular weight is 884 g/mol. The van der Waals surface area contributed by atoms with Crippen molar-refractivity contribution in [2.24, 2.45) is 0 Å². The second-order valence-electron chi connectivity index (χ2n) is 22.3. The molecule has 0 spiro atoms. The van der Waals surface area contributed by atoms with Crippen LogP contribution in [-0.4, -0.2) is 11.3 Å². The number of benzene rings is 8. The summed E-state index contributed by atoms with van der Waals surface area (Å²) in [5, 5.41) is 1.31. The van der Waals surface area contributed by atoms with Gasteiger partial charge >= 0.3 is 6.85 Å². The van der Waals surface area contributed by atoms with Crippen molar-refractivity contribution in [1.82, 2.24) is 4.48 Å². The highest BCUT2D eigenvalue weighted by Gasteiger charge is 2.45. The van der Waals surface area contributed by atoms with Crippen LogP contribution >= 0.6 is 0 Å². The van der Waals surface area contributed by atoms with Crippen LogP contribution in [0.4, 0.5) is 28.4 Å². The van der Waals surface area contributed by atoms with Crippen molar-refractivity contribution >= 4 is 57.1 Å². The number of aryl methyl sites for hydroxylation is 1. The van der Waals surface area contributed by atoms with Crippen molar-refractivity contribution in [2.75, 3.05) is 9.80 Å². The molecule has 9 aromatic rings. The fourth-order valence-electron chi connectivity index (χ4n) is 11.0. The summed E-state index contributed by atoms with van der Waals surface area (Å²) >= 11 is 0. The maximum atomic E-state index is 2.79. The number of para-hydroxylation sites is 2. The molecule has 0 aliphatic carbocycles. The van der Waals surface area contributed by atoms with E-state index in [1.165, 1.54) is 112 Å². The lowest BCUT2D eigenvalue weighted by atomic mass is 9.44. The second kappa shape index (κ2) is 16.1. The number of fused-ring (bicyclic) bond motifs is 4. The summed E-state index contributed by atoms with van der Waals surface area (Å²) in [7, 11) is 0. The van der Waals surface area contributed by atoms with E-state index in [1.54, 1.807) is 0 Å². The Labute approximate surface area is 404 Å². The van der Waals surface area contributed by atoms with E-state index in [2.05, 4.69) is 266 Å². The third kappa shape index (κ3) is 7.19. The van der Waals surface area contributed by atoms with Crippen LogP contribution in [0, 0.1) is 6.92 Å². The van der Waals surface area contributed by atoms with Gasteiger partial charge in [-0.2, -0.15) is 0 Å². The van der Waals surface area contributed by atoms with Crippen LogP contribution in [0.25, 0.3) is 44.4 Å². The number of rotatable bonds is 7. The van der Waals surface area contributed by atoms with Gasteiger partial charge in [-0.25, -0.2) is 0 Å². The minimum absolute atomic E-state index is 0.0423. The van der Waals surface area contributed by atoms with E-state index in [0.717, 1.165) is 0 Å². The Morgan fingerprint density at radius 2 is 1.06 bits per heavy atom. The summed E-state index contributed by atoms with van der Waals surface area (Å²) in [4.78, 5) is 5.07. The molecule has 2 aliphatic heterocycles. The molecule has 0 amide bonds. The Balaban J connectivity index is 1.31. The first-order chi connectivity index (χ1) is 32.6. The van der Waals surface area contributed by atoms with E-state index >= 15 is 0 Å². The maximum Gasteiger partial charge on any atom is 0.333 e. The Bertz CT molecular complexity index is 3320. The van der Waals surface area contributed by atoms with Crippen LogP contribution in [0.15, 0.2) is 182 Å². The summed E-state index contributed by atoms with van der Waals surface area (Å²) in [5.41, 5.74) is 24.0. The van der Waals surface area contributed by atoms with E-state index in [9.17, 15) is 0 Å². The SMILES string of the molecule is Cc1ccccc1-c1c(-c2ccccc2)n2c3c(ccc(CN(c4ccccc4)c4ccccc4)c13)-c1cc(C(C)(C)C)cc3c1B2c1cc(C(C)(C)C)ccc1N3c1ccc(C(C)(C)C)cc1. The summed E-state index contributed by atoms with van der Waals surface area (Å²) in [6.07, 6.45) is 0. The van der Waals surface area contributed by atoms with Crippen LogP contribution in [0.5, 0.6) is 0 Å². The third-order valence-corrected chi connectivity index (χ3v) is 14.7. The molecule has 336 valence electrons. The quantitative estimate of drug-likeness (QED) is 0.148. The van der Waals surface area contributed by atoms with Gasteiger partial charge in [0, 0.05) is 62.7 Å². The molecule has 68 heavy (non-hydrogen) atoms. The monoisotopic (exact) mass is 884 g/mol. The first-order valence-electron chi connectivity index (χ1n) is 24.5. The molecule has 4 heteroatoms. The lowest BCUT2D eigenvalue weighted by Crippen LogP contribution is -2.57. The van der Waals surface area contributed by atoms with Crippen LogP contribution < -0.4 is 20.7 Å². The lowest BCUT2D eigenvalue weighted by Gasteiger charge is -2.42. The highest BCUT2D eigenvalue weighted by molar-refractivity contribution is 6.90. The van der Waals surface area contributed by atoms with Gasteiger partial charge in [-0.1, -0.05) is 196 Å². The van der Waals surface area contributed by atoms with Crippen molar-refractivity contribution in [3.05, 3.63) is 210 Å². The minimum atomic E-state index is -0.117. The van der Waals surface area contributed by atoms with E-state index in [-0.39, 0.29) is 23.1 Å². The van der Waals surface area contributed by atoms with Gasteiger partial charge in [0.1, 0.15) is 0 Å². The van der Waals surface area contributed by atoms with E-state index in [0.29, 0.717) is 6.54 Å². The molecule has 0 atom stereocenters. The topological polar surface area (TPSA) is 11.4 Å². The average Bonchev–Trinajstić information content (AvgIpc) is 3.68. The van der Waals surface area contributed by atoms with Gasteiger partial charge in [0.15, 0.2) is 0 Å². The van der Waals surface area contributed by atoms with Gasteiger partial charge in [0.25, 0.3) is 0 Å². The molecule has 0 radical (unpaired) electrons. The predicted molar refractivity (Wildman–Crippen MR) is 293 cm³/mol. The Kier molecular flexibility index (Phi) is 10.3. The molecule has 2 aliphatic rings. The Morgan fingerprint density at radius 1 is 0.485 bits per heavy atom. The highest BCUT2D eigenvalue weighted by Crippen LogP contribution is 2.52. The fourth-order valence-corrected chi connectivity index (χ4v) is 11.0. The normalized spacial score (nSPS) is 13.1. The summed E-state index contributed by atoms with van der Waals surface area (Å²) < 4.78 is 2.79. The molecule has 0 fully saturated rings. The second-order valence-corrected chi connectivity index (χ2v) is 22.3. The molecule has 8 aromatic carbocycles. The molecular weight excluding hydrogens is 822 g/mol. The van der Waals surface area contributed by atoms with E-state index in [1.807, 2.05) is 0 Å². The molecule has 1 aromatic heterocycles. The Morgan fingerprint density at radius 3 is 1.66 bits per heavy atom. The van der Waals surface area contributed by atoms with Gasteiger partial charge < -0.3 is 14.3 Å². The molecule has 0 unspecified atom stereocenters. The van der Waals surface area contributed by atoms with Crippen LogP contribution in [0.2, 0.25) is 0 Å². The van der Waals surface area contributed by atoms with Crippen LogP contribution in [0.1, 0.15) is 90.1 Å². The fraction of sp³-hybridized carbons (Fsp3) is 0.219. The van der Waals surface area contributed by atoms with Crippen molar-refractivity contribution in [1.29, 1.82) is 0 Å². The van der Waals surface area contributed by atoms with Crippen molar-refractivity contribution in [3.63, 3.8) is 0 Å². The van der Waals surface area contributed by atoms with Gasteiger partial charge in [0.05, 0.1) is 0 Å². The van der Waals surface area contributed by atoms with Crippen molar-refractivity contribution in [3.8, 4) is 33.5 Å². The molecule has 11 rings (SSSR count). The standard InChI is InChI=1S/C64H62BN3/c1-42-22-20-21-29-51(42)58-57-44(41-66(48-25-16-12-17-26-48)49-27-18-13-19-28-49)30-36-52-53-38-47(64(8,9)10)40-56-59(53)65(68(61(52)57)60(58)43-23-14-11-15-24-43)54-39-46(63(5,6)7)33-37-55(54)67(56)50-34-31-45(32-35-50)62(2,3)4/h11-40H,41H2,1-10H3. The molecule has 3 nitrogen and oxygen atoms in total. The van der Waals surface area contributed by atoms with Crippen molar-refractivity contribution in [2.45, 2.75) is 92.0 Å². The number of hydrogen-bond acceptors (Lipinski definition) is 2. The molecule has 3 heterocycles. The van der Waals surface area contributed by atoms with Gasteiger partial charge in [-0.15, -0.1) is 0 Å². The van der Waals surface area contributed by atoms with Gasteiger partial charge in [0.2, 0.25) is 0 Å². The van der Waals surface area contributed by atoms with E-state index in [4.69, 9.17) is 0 Å². The van der Waals surface area contributed by atoms with Gasteiger partial charge in [-0.05, 0) is 127 Å². The zero-order valence-electron chi connectivity index (χ0n) is 41.4. The van der Waals surface area contributed by atoms with Crippen LogP contribution in [0.3, 0.4) is 0 Å². The third-order valence-electron chi connectivity index (χ3n) is 14.7. The van der Waals surface area contributed by atoms with Gasteiger partial charge in [-0.3, -0.25) is 0 Å². The molecule has 0 bridgehead atoms.